The molecule has 0 bridgehead atoms. The van der Waals surface area contributed by atoms with E-state index in [0.29, 0.717) is 13.8 Å². The van der Waals surface area contributed by atoms with Crippen molar-refractivity contribution in [2.45, 2.75) is 20.2 Å². The summed E-state index contributed by atoms with van der Waals surface area (Å²) < 4.78 is 14.7. The molecule has 1 rings (SSSR count). The zero-order valence-corrected chi connectivity index (χ0v) is 8.02. The van der Waals surface area contributed by atoms with Crippen molar-refractivity contribution < 1.29 is 2.74 Å². The molecular weight excluding hydrogens is 200 g/mol. The Labute approximate surface area is 79.6 Å². The lowest BCUT2D eigenvalue weighted by atomic mass is 10.0. The summed E-state index contributed by atoms with van der Waals surface area (Å²) in [7, 11) is 0. The van der Waals surface area contributed by atoms with Crippen LogP contribution in [-0.4, -0.2) is 5.33 Å². The third-order valence-corrected chi connectivity index (χ3v) is 2.11. The van der Waals surface area contributed by atoms with Gasteiger partial charge in [0, 0.05) is 8.07 Å². The predicted molar refractivity (Wildman–Crippen MR) is 53.4 cm³/mol. The molecule has 1 aromatic carbocycles. The Morgan fingerprint density at radius 3 is 2.45 bits per heavy atom. The fourth-order valence-corrected chi connectivity index (χ4v) is 1.50. The number of halogens is 1. The Bertz CT molecular complexity index is 251. The van der Waals surface area contributed by atoms with E-state index in [1.165, 1.54) is 5.56 Å². The molecule has 0 aromatic heterocycles. The van der Waals surface area contributed by atoms with Crippen LogP contribution in [0.15, 0.2) is 18.2 Å². The van der Waals surface area contributed by atoms with E-state index in [1.807, 2.05) is 18.2 Å². The maximum absolute atomic E-state index is 7.36. The van der Waals surface area contributed by atoms with Crippen molar-refractivity contribution >= 4 is 15.9 Å². The molecule has 0 amide bonds. The van der Waals surface area contributed by atoms with Gasteiger partial charge in [-0.3, -0.25) is 0 Å². The zero-order chi connectivity index (χ0) is 9.68. The number of hydrogen-bond acceptors (Lipinski definition) is 0. The lowest BCUT2D eigenvalue weighted by molar-refractivity contribution is 1.10. The summed E-state index contributed by atoms with van der Waals surface area (Å²) in [5.74, 6) is 0. The zero-order valence-electron chi connectivity index (χ0n) is 8.44. The molecule has 0 spiro atoms. The summed E-state index contributed by atoms with van der Waals surface area (Å²) >= 11 is 3.39. The summed E-state index contributed by atoms with van der Waals surface area (Å²) in [6, 6.07) is 5.89. The average molecular weight is 215 g/mol. The fraction of sp³-hybridized carbons (Fsp3) is 0.400. The van der Waals surface area contributed by atoms with Crippen LogP contribution in [0.2, 0.25) is 0 Å². The van der Waals surface area contributed by atoms with Crippen molar-refractivity contribution in [3.05, 3.63) is 34.9 Å². The van der Waals surface area contributed by atoms with Crippen molar-refractivity contribution in [1.82, 2.24) is 0 Å². The Balaban J connectivity index is 3.05. The van der Waals surface area contributed by atoms with Gasteiger partial charge in [0.1, 0.15) is 0 Å². The first-order valence-electron chi connectivity index (χ1n) is 4.99. The summed E-state index contributed by atoms with van der Waals surface area (Å²) in [5.41, 5.74) is 3.30. The van der Waals surface area contributed by atoms with E-state index in [4.69, 9.17) is 2.74 Å². The molecule has 0 heterocycles. The molecular formula is C10H13Br. The molecule has 0 fully saturated rings. The first-order chi connectivity index (χ1) is 6.33. The number of hydrogen-bond donors (Lipinski definition) is 0. The summed E-state index contributed by atoms with van der Waals surface area (Å²) in [5, 5.41) is 0.900. The fourth-order valence-electron chi connectivity index (χ4n) is 1.10. The minimum Gasteiger partial charge on any atom is -0.0924 e. The standard InChI is InChI=1S/C10H13Br/c1-8-4-3-5-9(2)10(8)6-7-11/h3-5H,6-7H2,1-2H3/i1D,2D. The van der Waals surface area contributed by atoms with Crippen LogP contribution in [-0.2, 0) is 6.42 Å². The van der Waals surface area contributed by atoms with Crippen LogP contribution in [0.4, 0.5) is 0 Å². The number of aryl methyl sites for hydroxylation is 2. The van der Waals surface area contributed by atoms with E-state index in [1.54, 1.807) is 0 Å². The molecule has 0 saturated heterocycles. The molecule has 0 unspecified atom stereocenters. The van der Waals surface area contributed by atoms with E-state index in [0.717, 1.165) is 22.9 Å². The van der Waals surface area contributed by atoms with E-state index in [9.17, 15) is 0 Å². The smallest absolute Gasteiger partial charge is 0.0280 e. The van der Waals surface area contributed by atoms with Gasteiger partial charge in [0.05, 0.1) is 0 Å². The van der Waals surface area contributed by atoms with Gasteiger partial charge in [0.2, 0.25) is 0 Å². The first kappa shape index (κ1) is 6.24. The van der Waals surface area contributed by atoms with E-state index in [-0.39, 0.29) is 0 Å². The molecule has 1 aromatic rings. The van der Waals surface area contributed by atoms with Crippen molar-refractivity contribution in [2.24, 2.45) is 0 Å². The van der Waals surface area contributed by atoms with Crippen LogP contribution < -0.4 is 0 Å². The largest absolute Gasteiger partial charge is 0.0924 e. The Morgan fingerprint density at radius 1 is 1.36 bits per heavy atom. The molecule has 60 valence electrons. The lowest BCUT2D eigenvalue weighted by Crippen LogP contribution is -1.93. The first-order valence-corrected chi connectivity index (χ1v) is 4.69. The van der Waals surface area contributed by atoms with Gasteiger partial charge in [-0.15, -0.1) is 0 Å². The summed E-state index contributed by atoms with van der Waals surface area (Å²) in [6.07, 6.45) is 0.920. The van der Waals surface area contributed by atoms with Gasteiger partial charge in [-0.1, -0.05) is 34.1 Å². The molecule has 0 nitrogen and oxygen atoms in total. The second-order valence-corrected chi connectivity index (χ2v) is 3.29. The van der Waals surface area contributed by atoms with Crippen molar-refractivity contribution in [2.75, 3.05) is 5.33 Å². The third kappa shape index (κ3) is 2.06. The van der Waals surface area contributed by atoms with E-state index >= 15 is 0 Å². The summed E-state index contributed by atoms with van der Waals surface area (Å²) in [4.78, 5) is 0. The molecule has 0 aliphatic heterocycles. The minimum atomic E-state index is 0.316. The molecule has 0 saturated carbocycles. The van der Waals surface area contributed by atoms with Crippen LogP contribution in [0.3, 0.4) is 0 Å². The average Bonchev–Trinajstić information content (AvgIpc) is 2.18. The van der Waals surface area contributed by atoms with E-state index in [2.05, 4.69) is 15.9 Å². The van der Waals surface area contributed by atoms with Crippen molar-refractivity contribution in [3.8, 4) is 0 Å². The van der Waals surface area contributed by atoms with Crippen LogP contribution in [0.5, 0.6) is 0 Å². The van der Waals surface area contributed by atoms with Gasteiger partial charge >= 0.3 is 0 Å². The minimum absolute atomic E-state index is 0.316. The monoisotopic (exact) mass is 214 g/mol. The molecule has 1 heteroatoms. The lowest BCUT2D eigenvalue weighted by Gasteiger charge is -2.06. The molecule has 0 aliphatic rings. The van der Waals surface area contributed by atoms with Gasteiger partial charge in [0.15, 0.2) is 0 Å². The normalized spacial score (nSPS) is 12.5. The molecule has 0 aliphatic carbocycles. The number of rotatable bonds is 2. The van der Waals surface area contributed by atoms with E-state index < -0.39 is 0 Å². The highest BCUT2D eigenvalue weighted by atomic mass is 79.9. The van der Waals surface area contributed by atoms with Crippen LogP contribution >= 0.6 is 15.9 Å². The van der Waals surface area contributed by atoms with Crippen LogP contribution in [0, 0.1) is 13.8 Å². The third-order valence-electron chi connectivity index (χ3n) is 1.71. The highest BCUT2D eigenvalue weighted by molar-refractivity contribution is 9.09. The Morgan fingerprint density at radius 2 is 2.00 bits per heavy atom. The van der Waals surface area contributed by atoms with Crippen LogP contribution in [0.1, 0.15) is 19.4 Å². The van der Waals surface area contributed by atoms with Gasteiger partial charge in [0.25, 0.3) is 0 Å². The summed E-state index contributed by atoms with van der Waals surface area (Å²) in [6.45, 7) is 0.631. The number of benzene rings is 1. The topological polar surface area (TPSA) is 0 Å². The Hall–Kier alpha value is -0.300. The molecule has 11 heavy (non-hydrogen) atoms. The number of alkyl halides is 1. The maximum Gasteiger partial charge on any atom is 0.0280 e. The second kappa shape index (κ2) is 3.91. The molecule has 0 radical (unpaired) electrons. The van der Waals surface area contributed by atoms with Gasteiger partial charge < -0.3 is 0 Å². The molecule has 0 N–H and O–H groups in total. The Kier molecular flexibility index (Phi) is 2.22. The van der Waals surface area contributed by atoms with Crippen molar-refractivity contribution in [1.29, 1.82) is 0 Å². The van der Waals surface area contributed by atoms with Crippen LogP contribution in [0.25, 0.3) is 0 Å². The second-order valence-electron chi connectivity index (χ2n) is 2.49. The highest BCUT2D eigenvalue weighted by Gasteiger charge is 1.99. The molecule has 0 atom stereocenters. The van der Waals surface area contributed by atoms with Gasteiger partial charge in [-0.25, -0.2) is 0 Å². The maximum atomic E-state index is 7.36. The quantitative estimate of drug-likeness (QED) is 0.664. The van der Waals surface area contributed by atoms with Gasteiger partial charge in [-0.2, -0.15) is 0 Å². The SMILES string of the molecule is [2H]Cc1cccc(C[2H])c1CCBr. The predicted octanol–water partition coefficient (Wildman–Crippen LogP) is 3.24. The highest BCUT2D eigenvalue weighted by Crippen LogP contribution is 2.14. The van der Waals surface area contributed by atoms with Gasteiger partial charge in [-0.05, 0) is 36.9 Å². The van der Waals surface area contributed by atoms with Crippen molar-refractivity contribution in [3.63, 3.8) is 0 Å².